The second-order valence-corrected chi connectivity index (χ2v) is 20.4. The molecule has 0 unspecified atom stereocenters. The molecule has 0 aromatic heterocycles. The highest BCUT2D eigenvalue weighted by molar-refractivity contribution is 4.55. The van der Waals surface area contributed by atoms with Crippen molar-refractivity contribution >= 4 is 0 Å². The number of unbranched alkanes of at least 4 members (excludes halogenated alkanes) is 8. The first-order chi connectivity index (χ1) is 29.4. The first kappa shape index (κ1) is 59.0. The average molecular weight is 830 g/mol. The molecule has 0 atom stereocenters. The van der Waals surface area contributed by atoms with E-state index in [0.717, 1.165) is 0 Å². The maximum atomic E-state index is 2.27. The van der Waals surface area contributed by atoms with E-state index in [4.69, 9.17) is 0 Å². The molecule has 0 heterocycles. The van der Waals surface area contributed by atoms with E-state index in [0.29, 0.717) is 0 Å². The van der Waals surface area contributed by atoms with Gasteiger partial charge in [0.05, 0.1) is 0 Å². The van der Waals surface area contributed by atoms with E-state index in [1.807, 2.05) is 0 Å². The van der Waals surface area contributed by atoms with Crippen LogP contribution in [-0.4, -0.2) is 0 Å². The summed E-state index contributed by atoms with van der Waals surface area (Å²) in [7, 11) is 0. The summed E-state index contributed by atoms with van der Waals surface area (Å²) < 4.78 is 0. The Morgan fingerprint density at radius 3 is 0.254 bits per heavy atom. The number of rotatable bonds is 8. The first-order valence-electron chi connectivity index (χ1n) is 29.4. The van der Waals surface area contributed by atoms with Crippen molar-refractivity contribution in [2.45, 2.75) is 380 Å². The van der Waals surface area contributed by atoms with Crippen LogP contribution in [0.5, 0.6) is 0 Å². The van der Waals surface area contributed by atoms with Crippen LogP contribution in [0.15, 0.2) is 0 Å². The Balaban J connectivity index is 0.000000856. The number of hydrogen-bond donors (Lipinski definition) is 0. The SMILES string of the molecule is C1CCC1.C1CCC1.C1CCC1.C1CCC1.C1CCC1.C1CCCCCCCCCCCCCCCCCCCCCCCCCCC1.CCCCCCCCCCC. The summed E-state index contributed by atoms with van der Waals surface area (Å²) in [6, 6.07) is 0. The predicted octanol–water partition coefficient (Wildman–Crippen LogP) is 23.3. The Morgan fingerprint density at radius 2 is 0.186 bits per heavy atom. The maximum Gasteiger partial charge on any atom is -0.0533 e. The van der Waals surface area contributed by atoms with Gasteiger partial charge in [0.2, 0.25) is 0 Å². The summed E-state index contributed by atoms with van der Waals surface area (Å²) in [6.45, 7) is 4.55. The molecule has 0 saturated heterocycles. The molecule has 0 heteroatoms. The largest absolute Gasteiger partial charge is 0.0654 e. The van der Waals surface area contributed by atoms with Gasteiger partial charge in [-0.1, -0.05) is 380 Å². The summed E-state index contributed by atoms with van der Waals surface area (Å²) in [5.74, 6) is 0. The molecule has 6 fully saturated rings. The fourth-order valence-electron chi connectivity index (χ4n) is 7.58. The van der Waals surface area contributed by atoms with Crippen molar-refractivity contribution in [1.29, 1.82) is 0 Å². The normalized spacial score (nSPS) is 21.5. The van der Waals surface area contributed by atoms with E-state index in [-0.39, 0.29) is 0 Å². The van der Waals surface area contributed by atoms with Crippen LogP contribution in [0.1, 0.15) is 380 Å². The average Bonchev–Trinajstić information content (AvgIpc) is 3.10. The molecule has 0 nitrogen and oxygen atoms in total. The lowest BCUT2D eigenvalue weighted by molar-refractivity contribution is 0.504. The fraction of sp³-hybridized carbons (Fsp3) is 1.00. The molecule has 0 spiro atoms. The third-order valence-corrected chi connectivity index (χ3v) is 14.2. The van der Waals surface area contributed by atoms with Crippen molar-refractivity contribution in [2.75, 3.05) is 0 Å². The van der Waals surface area contributed by atoms with Crippen LogP contribution in [0.3, 0.4) is 0 Å². The molecular weight excluding hydrogens is 709 g/mol. The van der Waals surface area contributed by atoms with E-state index >= 15 is 0 Å². The molecule has 0 amide bonds. The Morgan fingerprint density at radius 1 is 0.119 bits per heavy atom. The summed E-state index contributed by atoms with van der Waals surface area (Å²) in [4.78, 5) is 0. The molecule has 6 saturated carbocycles. The Kier molecular flexibility index (Phi) is 58.0. The van der Waals surface area contributed by atoms with Gasteiger partial charge < -0.3 is 0 Å². The minimum absolute atomic E-state index is 1.37. The van der Waals surface area contributed by atoms with Crippen molar-refractivity contribution in [3.8, 4) is 0 Å². The summed E-state index contributed by atoms with van der Waals surface area (Å²) >= 11 is 0. The first-order valence-corrected chi connectivity index (χ1v) is 29.4. The van der Waals surface area contributed by atoms with Gasteiger partial charge in [-0.25, -0.2) is 0 Å². The van der Waals surface area contributed by atoms with Crippen LogP contribution >= 0.6 is 0 Å². The van der Waals surface area contributed by atoms with Gasteiger partial charge in [0.1, 0.15) is 0 Å². The summed E-state index contributed by atoms with van der Waals surface area (Å²) in [6.07, 6.45) is 85.0. The molecule has 0 aliphatic heterocycles. The van der Waals surface area contributed by atoms with E-state index in [1.165, 1.54) is 366 Å². The molecule has 0 radical (unpaired) electrons. The molecule has 356 valence electrons. The van der Waals surface area contributed by atoms with Crippen LogP contribution < -0.4 is 0 Å². The lowest BCUT2D eigenvalue weighted by Crippen LogP contribution is -1.85. The Labute approximate surface area is 378 Å². The molecular formula is C59H120. The van der Waals surface area contributed by atoms with Crippen molar-refractivity contribution in [2.24, 2.45) is 0 Å². The molecule has 6 aliphatic carbocycles. The van der Waals surface area contributed by atoms with Crippen LogP contribution in [0, 0.1) is 0 Å². The van der Waals surface area contributed by atoms with Crippen molar-refractivity contribution in [3.05, 3.63) is 0 Å². The van der Waals surface area contributed by atoms with Crippen LogP contribution in [0.25, 0.3) is 0 Å². The highest BCUT2D eigenvalue weighted by atomic mass is 14.1. The minimum Gasteiger partial charge on any atom is -0.0654 e. The zero-order chi connectivity index (χ0) is 42.3. The second-order valence-electron chi connectivity index (χ2n) is 20.4. The maximum absolute atomic E-state index is 2.27. The van der Waals surface area contributed by atoms with Gasteiger partial charge in [-0.3, -0.25) is 0 Å². The summed E-state index contributed by atoms with van der Waals surface area (Å²) in [5, 5.41) is 0. The Hall–Kier alpha value is 0. The third kappa shape index (κ3) is 58.0. The molecule has 0 aromatic rings. The predicted molar refractivity (Wildman–Crippen MR) is 275 cm³/mol. The second kappa shape index (κ2) is 58.0. The van der Waals surface area contributed by atoms with Gasteiger partial charge in [-0.05, 0) is 0 Å². The lowest BCUT2D eigenvalue weighted by atomic mass is 10.0. The van der Waals surface area contributed by atoms with Gasteiger partial charge in [0.25, 0.3) is 0 Å². The molecule has 0 N–H and O–H groups in total. The van der Waals surface area contributed by atoms with Crippen LogP contribution in [0.4, 0.5) is 0 Å². The minimum atomic E-state index is 1.37. The fourth-order valence-corrected chi connectivity index (χ4v) is 7.58. The van der Waals surface area contributed by atoms with E-state index in [2.05, 4.69) is 13.8 Å². The van der Waals surface area contributed by atoms with Gasteiger partial charge >= 0.3 is 0 Å². The smallest absolute Gasteiger partial charge is 0.0533 e. The van der Waals surface area contributed by atoms with Crippen LogP contribution in [-0.2, 0) is 0 Å². The molecule has 6 aliphatic rings. The highest BCUT2D eigenvalue weighted by Crippen LogP contribution is 2.19. The van der Waals surface area contributed by atoms with E-state index in [1.54, 1.807) is 0 Å². The van der Waals surface area contributed by atoms with E-state index in [9.17, 15) is 0 Å². The monoisotopic (exact) mass is 829 g/mol. The topological polar surface area (TPSA) is 0 Å². The number of hydrogen-bond acceptors (Lipinski definition) is 0. The summed E-state index contributed by atoms with van der Waals surface area (Å²) in [5.41, 5.74) is 0. The zero-order valence-corrected chi connectivity index (χ0v) is 42.3. The quantitative estimate of drug-likeness (QED) is 0.214. The van der Waals surface area contributed by atoms with Crippen LogP contribution in [0.2, 0.25) is 0 Å². The van der Waals surface area contributed by atoms with E-state index < -0.39 is 0 Å². The zero-order valence-electron chi connectivity index (χ0n) is 42.3. The molecule has 0 aromatic carbocycles. The standard InChI is InChI=1S/C28H56.C11H24.5C4H8/c1-2-4-6-8-10-12-14-16-18-20-22-24-26-28-27-25-23-21-19-17-15-13-11-9-7-5-3-1;1-3-5-7-9-11-10-8-6-4-2;5*1-2-4-3-1/h1-28H2;3-11H2,1-2H3;5*1-4H2. The molecule has 59 heavy (non-hydrogen) atoms. The lowest BCUT2D eigenvalue weighted by Gasteiger charge is -2.05. The van der Waals surface area contributed by atoms with Crippen molar-refractivity contribution < 1.29 is 0 Å². The van der Waals surface area contributed by atoms with Gasteiger partial charge in [0, 0.05) is 0 Å². The van der Waals surface area contributed by atoms with Gasteiger partial charge in [0.15, 0.2) is 0 Å². The van der Waals surface area contributed by atoms with Gasteiger partial charge in [-0.2, -0.15) is 0 Å². The highest BCUT2D eigenvalue weighted by Gasteiger charge is 2.00. The van der Waals surface area contributed by atoms with Crippen molar-refractivity contribution in [1.82, 2.24) is 0 Å². The molecule has 0 bridgehead atoms. The van der Waals surface area contributed by atoms with Crippen molar-refractivity contribution in [3.63, 3.8) is 0 Å². The van der Waals surface area contributed by atoms with Gasteiger partial charge in [-0.15, -0.1) is 0 Å². The molecule has 6 rings (SSSR count). The third-order valence-electron chi connectivity index (χ3n) is 14.2. The Bertz CT molecular complexity index is 436.